The van der Waals surface area contributed by atoms with Gasteiger partial charge in [0, 0.05) is 23.2 Å². The SMILES string of the molecule is C[C@H](SC(=S)N1CCOCC1)c1cccs1. The van der Waals surface area contributed by atoms with Gasteiger partial charge in [0.25, 0.3) is 0 Å². The van der Waals surface area contributed by atoms with Gasteiger partial charge in [0.05, 0.1) is 13.2 Å². The highest BCUT2D eigenvalue weighted by Gasteiger charge is 2.17. The number of hydrogen-bond donors (Lipinski definition) is 0. The van der Waals surface area contributed by atoms with E-state index in [1.54, 1.807) is 23.1 Å². The molecular formula is C11H15NOS3. The van der Waals surface area contributed by atoms with E-state index < -0.39 is 0 Å². The van der Waals surface area contributed by atoms with Gasteiger partial charge >= 0.3 is 0 Å². The summed E-state index contributed by atoms with van der Waals surface area (Å²) in [6.45, 7) is 5.68. The van der Waals surface area contributed by atoms with Crippen molar-refractivity contribution < 1.29 is 4.74 Å². The number of ether oxygens (including phenoxy) is 1. The zero-order valence-electron chi connectivity index (χ0n) is 9.22. The number of nitrogens with zero attached hydrogens (tertiary/aromatic N) is 1. The van der Waals surface area contributed by atoms with E-state index in [0.29, 0.717) is 5.25 Å². The molecule has 0 N–H and O–H groups in total. The Morgan fingerprint density at radius 1 is 1.56 bits per heavy atom. The van der Waals surface area contributed by atoms with E-state index in [-0.39, 0.29) is 0 Å². The highest BCUT2D eigenvalue weighted by Crippen LogP contribution is 2.33. The lowest BCUT2D eigenvalue weighted by Gasteiger charge is -2.29. The van der Waals surface area contributed by atoms with Gasteiger partial charge in [-0.15, -0.1) is 11.3 Å². The maximum Gasteiger partial charge on any atom is 0.137 e. The predicted octanol–water partition coefficient (Wildman–Crippen LogP) is 3.16. The first-order valence-electron chi connectivity index (χ1n) is 5.34. The van der Waals surface area contributed by atoms with E-state index in [4.69, 9.17) is 17.0 Å². The second-order valence-corrected chi connectivity index (χ2v) is 6.59. The average molecular weight is 273 g/mol. The molecule has 1 aliphatic heterocycles. The Morgan fingerprint density at radius 3 is 2.94 bits per heavy atom. The third-order valence-corrected chi connectivity index (χ3v) is 5.31. The number of morpholine rings is 1. The van der Waals surface area contributed by atoms with Crippen LogP contribution < -0.4 is 0 Å². The minimum atomic E-state index is 0.454. The van der Waals surface area contributed by atoms with Crippen LogP contribution in [0.1, 0.15) is 17.1 Å². The molecule has 2 heterocycles. The highest BCUT2D eigenvalue weighted by atomic mass is 32.2. The summed E-state index contributed by atoms with van der Waals surface area (Å²) >= 11 is 9.03. The standard InChI is InChI=1S/C11H15NOS3/c1-9(10-3-2-8-15-10)16-11(14)12-4-6-13-7-5-12/h2-3,8-9H,4-7H2,1H3/t9-/m0/s1. The Balaban J connectivity index is 1.86. The first-order chi connectivity index (χ1) is 7.77. The lowest BCUT2D eigenvalue weighted by Crippen LogP contribution is -2.38. The van der Waals surface area contributed by atoms with Gasteiger partial charge in [-0.05, 0) is 18.4 Å². The molecule has 5 heteroatoms. The summed E-state index contributed by atoms with van der Waals surface area (Å²) in [5.74, 6) is 0. The second kappa shape index (κ2) is 6.00. The van der Waals surface area contributed by atoms with Gasteiger partial charge in [-0.3, -0.25) is 0 Å². The van der Waals surface area contributed by atoms with Crippen LogP contribution in [-0.2, 0) is 4.74 Å². The molecule has 1 aromatic heterocycles. The fourth-order valence-corrected chi connectivity index (χ4v) is 3.97. The van der Waals surface area contributed by atoms with Gasteiger partial charge in [-0.25, -0.2) is 0 Å². The molecule has 0 aliphatic carbocycles. The average Bonchev–Trinajstić information content (AvgIpc) is 2.83. The van der Waals surface area contributed by atoms with Gasteiger partial charge in [0.1, 0.15) is 4.32 Å². The van der Waals surface area contributed by atoms with Crippen LogP contribution in [0.4, 0.5) is 0 Å². The topological polar surface area (TPSA) is 12.5 Å². The van der Waals surface area contributed by atoms with Gasteiger partial charge in [-0.1, -0.05) is 30.0 Å². The third-order valence-electron chi connectivity index (χ3n) is 2.49. The summed E-state index contributed by atoms with van der Waals surface area (Å²) in [7, 11) is 0. The Bertz CT molecular complexity index is 333. The smallest absolute Gasteiger partial charge is 0.137 e. The minimum absolute atomic E-state index is 0.454. The van der Waals surface area contributed by atoms with E-state index in [9.17, 15) is 0 Å². The molecule has 16 heavy (non-hydrogen) atoms. The lowest BCUT2D eigenvalue weighted by atomic mass is 10.4. The van der Waals surface area contributed by atoms with Gasteiger partial charge < -0.3 is 9.64 Å². The van der Waals surface area contributed by atoms with Crippen molar-refractivity contribution in [3.05, 3.63) is 22.4 Å². The van der Waals surface area contributed by atoms with E-state index in [2.05, 4.69) is 29.3 Å². The molecule has 2 nitrogen and oxygen atoms in total. The Kier molecular flexibility index (Phi) is 4.64. The van der Waals surface area contributed by atoms with Gasteiger partial charge in [0.15, 0.2) is 0 Å². The molecule has 1 atom stereocenters. The number of thiophene rings is 1. The van der Waals surface area contributed by atoms with Crippen LogP contribution in [0.2, 0.25) is 0 Å². The Morgan fingerprint density at radius 2 is 2.31 bits per heavy atom. The van der Waals surface area contributed by atoms with Crippen molar-refractivity contribution in [2.24, 2.45) is 0 Å². The van der Waals surface area contributed by atoms with Crippen LogP contribution in [-0.4, -0.2) is 35.5 Å². The summed E-state index contributed by atoms with van der Waals surface area (Å²) in [6, 6.07) is 4.26. The van der Waals surface area contributed by atoms with E-state index in [1.165, 1.54) is 4.88 Å². The third kappa shape index (κ3) is 3.20. The molecule has 2 rings (SSSR count). The molecule has 0 saturated carbocycles. The second-order valence-electron chi connectivity index (χ2n) is 3.64. The van der Waals surface area contributed by atoms with Crippen molar-refractivity contribution in [2.75, 3.05) is 26.3 Å². The van der Waals surface area contributed by atoms with E-state index in [0.717, 1.165) is 30.6 Å². The largest absolute Gasteiger partial charge is 0.378 e. The molecule has 0 bridgehead atoms. The maximum atomic E-state index is 5.46. The fraction of sp³-hybridized carbons (Fsp3) is 0.545. The van der Waals surface area contributed by atoms with Crippen molar-refractivity contribution in [1.29, 1.82) is 0 Å². The molecule has 0 spiro atoms. The first kappa shape index (κ1) is 12.4. The maximum absolute atomic E-state index is 5.46. The summed E-state index contributed by atoms with van der Waals surface area (Å²) in [5.41, 5.74) is 0. The number of thiocarbonyl (C=S) groups is 1. The monoisotopic (exact) mass is 273 g/mol. The molecule has 1 aromatic rings. The fourth-order valence-electron chi connectivity index (χ4n) is 1.55. The Labute approximate surface area is 110 Å². The molecule has 0 aromatic carbocycles. The van der Waals surface area contributed by atoms with Crippen LogP contribution in [0.5, 0.6) is 0 Å². The molecule has 0 unspecified atom stereocenters. The number of thioether (sulfide) groups is 1. The zero-order valence-corrected chi connectivity index (χ0v) is 11.7. The first-order valence-corrected chi connectivity index (χ1v) is 7.51. The Hall–Kier alpha value is -0.100. The zero-order chi connectivity index (χ0) is 11.4. The lowest BCUT2D eigenvalue weighted by molar-refractivity contribution is 0.0702. The quantitative estimate of drug-likeness (QED) is 0.767. The van der Waals surface area contributed by atoms with Crippen LogP contribution in [0, 0.1) is 0 Å². The molecule has 1 aliphatic rings. The molecule has 1 saturated heterocycles. The normalized spacial score (nSPS) is 18.4. The van der Waals surface area contributed by atoms with E-state index >= 15 is 0 Å². The molecule has 1 fully saturated rings. The highest BCUT2D eigenvalue weighted by molar-refractivity contribution is 8.23. The molecular weight excluding hydrogens is 258 g/mol. The summed E-state index contributed by atoms with van der Waals surface area (Å²) in [4.78, 5) is 3.63. The van der Waals surface area contributed by atoms with E-state index in [1.807, 2.05) is 0 Å². The molecule has 88 valence electrons. The van der Waals surface area contributed by atoms with Crippen molar-refractivity contribution >= 4 is 39.6 Å². The predicted molar refractivity (Wildman–Crippen MR) is 75.3 cm³/mol. The minimum Gasteiger partial charge on any atom is -0.378 e. The summed E-state index contributed by atoms with van der Waals surface area (Å²) in [6.07, 6.45) is 0. The van der Waals surface area contributed by atoms with Crippen LogP contribution in [0.15, 0.2) is 17.5 Å². The number of hydrogen-bond acceptors (Lipinski definition) is 4. The van der Waals surface area contributed by atoms with Crippen LogP contribution in [0.25, 0.3) is 0 Å². The summed E-state index contributed by atoms with van der Waals surface area (Å²) < 4.78 is 6.32. The van der Waals surface area contributed by atoms with Gasteiger partial charge in [0.2, 0.25) is 0 Å². The van der Waals surface area contributed by atoms with Crippen molar-refractivity contribution in [3.8, 4) is 0 Å². The van der Waals surface area contributed by atoms with Crippen LogP contribution >= 0.6 is 35.3 Å². The van der Waals surface area contributed by atoms with Crippen LogP contribution in [0.3, 0.4) is 0 Å². The number of rotatable bonds is 2. The molecule has 0 amide bonds. The summed E-state index contributed by atoms with van der Waals surface area (Å²) in [5, 5.41) is 2.57. The van der Waals surface area contributed by atoms with Crippen molar-refractivity contribution in [1.82, 2.24) is 4.90 Å². The molecule has 0 radical (unpaired) electrons. The van der Waals surface area contributed by atoms with Crippen molar-refractivity contribution in [3.63, 3.8) is 0 Å². The van der Waals surface area contributed by atoms with Gasteiger partial charge in [-0.2, -0.15) is 0 Å². The van der Waals surface area contributed by atoms with Crippen molar-refractivity contribution in [2.45, 2.75) is 12.2 Å².